The Balaban J connectivity index is 1.95. The van der Waals surface area contributed by atoms with Crippen molar-refractivity contribution in [3.63, 3.8) is 0 Å². The Bertz CT molecular complexity index is 170. The molecule has 0 saturated heterocycles. The number of rotatable bonds is 0. The normalized spacial score (nSPS) is 80.0. The van der Waals surface area contributed by atoms with Crippen LogP contribution in [-0.2, 0) is 0 Å². The lowest BCUT2D eigenvalue weighted by Gasteiger charge is -2.83. The molecule has 4 unspecified atom stereocenters. The maximum atomic E-state index is 1.65. The Morgan fingerprint density at radius 3 is 1.67 bits per heavy atom. The average molecular weight is 120 g/mol. The van der Waals surface area contributed by atoms with Crippen molar-refractivity contribution in [1.82, 2.24) is 0 Å². The summed E-state index contributed by atoms with van der Waals surface area (Å²) in [4.78, 5) is 0. The highest BCUT2D eigenvalue weighted by molar-refractivity contribution is 5.26. The first-order valence-corrected chi connectivity index (χ1v) is 4.40. The molecule has 0 aromatic carbocycles. The first-order valence-electron chi connectivity index (χ1n) is 4.40. The van der Waals surface area contributed by atoms with Crippen LogP contribution in [0.1, 0.15) is 25.7 Å². The van der Waals surface area contributed by atoms with Crippen LogP contribution < -0.4 is 0 Å². The Kier molecular flexibility index (Phi) is 0.360. The third-order valence-electron chi connectivity index (χ3n) is 5.01. The van der Waals surface area contributed by atoms with E-state index in [-0.39, 0.29) is 0 Å². The molecule has 0 amide bonds. The molecule has 0 aromatic heterocycles. The zero-order valence-corrected chi connectivity index (χ0v) is 5.64. The van der Waals surface area contributed by atoms with Gasteiger partial charge in [-0.3, -0.25) is 0 Å². The molecule has 6 fully saturated rings. The molecule has 0 heterocycles. The summed E-state index contributed by atoms with van der Waals surface area (Å²) in [5.41, 5.74) is 1.02. The maximum Gasteiger partial charge on any atom is -0.0230 e. The quantitative estimate of drug-likeness (QED) is 0.459. The third-order valence-corrected chi connectivity index (χ3v) is 5.01. The molecule has 6 saturated carbocycles. The predicted octanol–water partition coefficient (Wildman–Crippen LogP) is 2.05. The molecule has 4 atom stereocenters. The van der Waals surface area contributed by atoms with Gasteiger partial charge in [0.05, 0.1) is 0 Å². The van der Waals surface area contributed by atoms with Crippen LogP contribution in [0.5, 0.6) is 0 Å². The van der Waals surface area contributed by atoms with Crippen LogP contribution in [0.3, 0.4) is 0 Å². The predicted molar refractivity (Wildman–Crippen MR) is 34.9 cm³/mol. The summed E-state index contributed by atoms with van der Waals surface area (Å²) < 4.78 is 0. The Morgan fingerprint density at radius 1 is 0.889 bits per heavy atom. The highest BCUT2D eigenvalue weighted by Gasteiger charge is 2.77. The van der Waals surface area contributed by atoms with Gasteiger partial charge in [-0.1, -0.05) is 0 Å². The summed E-state index contributed by atoms with van der Waals surface area (Å²) in [7, 11) is 0. The van der Waals surface area contributed by atoms with E-state index in [1.54, 1.807) is 25.7 Å². The van der Waals surface area contributed by atoms with E-state index in [1.165, 1.54) is 23.7 Å². The van der Waals surface area contributed by atoms with Crippen LogP contribution in [0.2, 0.25) is 0 Å². The van der Waals surface area contributed by atoms with Gasteiger partial charge in [0.25, 0.3) is 0 Å². The van der Waals surface area contributed by atoms with E-state index in [4.69, 9.17) is 0 Å². The molecule has 6 aliphatic carbocycles. The zero-order chi connectivity index (χ0) is 5.64. The van der Waals surface area contributed by atoms with Gasteiger partial charge in [-0.2, -0.15) is 0 Å². The van der Waals surface area contributed by atoms with Crippen molar-refractivity contribution >= 4 is 0 Å². The van der Waals surface area contributed by atoms with Gasteiger partial charge in [-0.15, -0.1) is 0 Å². The van der Waals surface area contributed by atoms with Gasteiger partial charge in [-0.05, 0) is 54.8 Å². The van der Waals surface area contributed by atoms with E-state index in [0.29, 0.717) is 0 Å². The topological polar surface area (TPSA) is 0 Å². The molecule has 6 aliphatic rings. The molecular formula is C9H12. The standard InChI is InChI=1S/C9H12/c1-5-3-9-4-6(1)8(9)2-7(5)9/h5-8H,1-4H2. The second-order valence-electron chi connectivity index (χ2n) is 4.85. The first kappa shape index (κ1) is 4.00. The third kappa shape index (κ3) is 0.199. The molecule has 1 spiro atoms. The smallest absolute Gasteiger partial charge is 0.0230 e. The summed E-state index contributed by atoms with van der Waals surface area (Å²) in [6.45, 7) is 0. The fourth-order valence-electron chi connectivity index (χ4n) is 4.69. The lowest BCUT2D eigenvalue weighted by Crippen LogP contribution is -2.76. The largest absolute Gasteiger partial charge is 0.0470 e. The summed E-state index contributed by atoms with van der Waals surface area (Å²) in [5, 5.41) is 0. The molecule has 0 radical (unpaired) electrons. The molecule has 6 rings (SSSR count). The molecule has 0 aromatic rings. The number of hydrogen-bond acceptors (Lipinski definition) is 0. The van der Waals surface area contributed by atoms with E-state index in [2.05, 4.69) is 0 Å². The molecule has 0 heteroatoms. The van der Waals surface area contributed by atoms with Crippen molar-refractivity contribution in [3.05, 3.63) is 0 Å². The van der Waals surface area contributed by atoms with Crippen LogP contribution >= 0.6 is 0 Å². The Morgan fingerprint density at radius 2 is 1.56 bits per heavy atom. The van der Waals surface area contributed by atoms with Gasteiger partial charge >= 0.3 is 0 Å². The highest BCUT2D eigenvalue weighted by atomic mass is 14.8. The van der Waals surface area contributed by atoms with E-state index in [1.807, 2.05) is 0 Å². The van der Waals surface area contributed by atoms with Crippen LogP contribution in [0, 0.1) is 29.1 Å². The summed E-state index contributed by atoms with van der Waals surface area (Å²) in [6.07, 6.45) is 6.59. The molecule has 0 nitrogen and oxygen atoms in total. The van der Waals surface area contributed by atoms with Gasteiger partial charge in [0.2, 0.25) is 0 Å². The first-order chi connectivity index (χ1) is 4.40. The Labute approximate surface area is 55.6 Å². The fourth-order valence-corrected chi connectivity index (χ4v) is 4.69. The second-order valence-corrected chi connectivity index (χ2v) is 4.85. The lowest BCUT2D eigenvalue weighted by atomic mass is 9.21. The van der Waals surface area contributed by atoms with Crippen LogP contribution in [-0.4, -0.2) is 0 Å². The van der Waals surface area contributed by atoms with Gasteiger partial charge in [0, 0.05) is 0 Å². The fraction of sp³-hybridized carbons (Fsp3) is 1.00. The van der Waals surface area contributed by atoms with Crippen molar-refractivity contribution in [1.29, 1.82) is 0 Å². The van der Waals surface area contributed by atoms with Crippen molar-refractivity contribution in [3.8, 4) is 0 Å². The lowest BCUT2D eigenvalue weighted by molar-refractivity contribution is -0.344. The minimum Gasteiger partial charge on any atom is -0.0470 e. The van der Waals surface area contributed by atoms with Gasteiger partial charge in [0.15, 0.2) is 0 Å². The molecule has 48 valence electrons. The minimum absolute atomic E-state index is 1.02. The van der Waals surface area contributed by atoms with Crippen molar-refractivity contribution in [2.75, 3.05) is 0 Å². The zero-order valence-electron chi connectivity index (χ0n) is 5.64. The molecule has 5 bridgehead atoms. The number of hydrogen-bond donors (Lipinski definition) is 0. The molecule has 0 aliphatic heterocycles. The van der Waals surface area contributed by atoms with Crippen LogP contribution in [0.4, 0.5) is 0 Å². The Hall–Kier alpha value is 0. The van der Waals surface area contributed by atoms with Crippen LogP contribution in [0.25, 0.3) is 0 Å². The molecular weight excluding hydrogens is 108 g/mol. The summed E-state index contributed by atoms with van der Waals surface area (Å²) in [5.74, 6) is 4.97. The monoisotopic (exact) mass is 120 g/mol. The molecule has 0 N–H and O–H groups in total. The average Bonchev–Trinajstić information content (AvgIpc) is 1.87. The van der Waals surface area contributed by atoms with Gasteiger partial charge in [-0.25, -0.2) is 0 Å². The molecule has 9 heavy (non-hydrogen) atoms. The van der Waals surface area contributed by atoms with Gasteiger partial charge in [0.1, 0.15) is 0 Å². The maximum absolute atomic E-state index is 1.65. The van der Waals surface area contributed by atoms with E-state index in [0.717, 1.165) is 5.41 Å². The van der Waals surface area contributed by atoms with Crippen molar-refractivity contribution in [2.45, 2.75) is 25.7 Å². The van der Waals surface area contributed by atoms with Gasteiger partial charge < -0.3 is 0 Å². The summed E-state index contributed by atoms with van der Waals surface area (Å²) in [6, 6.07) is 0. The van der Waals surface area contributed by atoms with Crippen molar-refractivity contribution in [2.24, 2.45) is 29.1 Å². The minimum atomic E-state index is 1.02. The van der Waals surface area contributed by atoms with E-state index >= 15 is 0 Å². The van der Waals surface area contributed by atoms with Crippen molar-refractivity contribution < 1.29 is 0 Å². The van der Waals surface area contributed by atoms with E-state index < -0.39 is 0 Å². The summed E-state index contributed by atoms with van der Waals surface area (Å²) >= 11 is 0. The highest BCUT2D eigenvalue weighted by Crippen LogP contribution is 2.85. The second kappa shape index (κ2) is 0.810. The SMILES string of the molecule is C1C2CC34CC1C3CC24. The van der Waals surface area contributed by atoms with Crippen LogP contribution in [0.15, 0.2) is 0 Å². The van der Waals surface area contributed by atoms with E-state index in [9.17, 15) is 0 Å².